The summed E-state index contributed by atoms with van der Waals surface area (Å²) in [7, 11) is 1.82. The highest BCUT2D eigenvalue weighted by Crippen LogP contribution is 2.17. The van der Waals surface area contributed by atoms with Crippen LogP contribution in [0.3, 0.4) is 0 Å². The van der Waals surface area contributed by atoms with E-state index in [9.17, 15) is 0 Å². The van der Waals surface area contributed by atoms with E-state index in [0.29, 0.717) is 6.04 Å². The summed E-state index contributed by atoms with van der Waals surface area (Å²) < 4.78 is 1.11. The molecule has 1 aromatic rings. The van der Waals surface area contributed by atoms with Gasteiger partial charge < -0.3 is 10.6 Å². The molecule has 0 unspecified atom stereocenters. The van der Waals surface area contributed by atoms with Crippen LogP contribution in [0.25, 0.3) is 0 Å². The number of halogens is 2. The molecule has 0 saturated heterocycles. The van der Waals surface area contributed by atoms with Crippen molar-refractivity contribution in [2.75, 3.05) is 7.05 Å². The second-order valence-corrected chi connectivity index (χ2v) is 5.60. The molecule has 0 spiro atoms. The second kappa shape index (κ2) is 8.79. The Hall–Kier alpha value is -0.300. The van der Waals surface area contributed by atoms with Crippen LogP contribution >= 0.6 is 39.9 Å². The van der Waals surface area contributed by atoms with Crippen molar-refractivity contribution in [3.05, 3.63) is 34.3 Å². The Balaban J connectivity index is 0.00000180. The fourth-order valence-electron chi connectivity index (χ4n) is 2.29. The number of hydrogen-bond donors (Lipinski definition) is 2. The maximum atomic E-state index is 4.27. The van der Waals surface area contributed by atoms with Gasteiger partial charge in [0.1, 0.15) is 0 Å². The SMILES string of the molecule is CN=C(NCc1cccc(Br)c1)NC1CCCC1.I. The number of guanidine groups is 1. The molecule has 19 heavy (non-hydrogen) atoms. The van der Waals surface area contributed by atoms with E-state index in [-0.39, 0.29) is 24.0 Å². The maximum absolute atomic E-state index is 4.27. The molecule has 1 aliphatic carbocycles. The molecule has 106 valence electrons. The van der Waals surface area contributed by atoms with Crippen molar-refractivity contribution < 1.29 is 0 Å². The molecule has 0 heterocycles. The van der Waals surface area contributed by atoms with E-state index in [0.717, 1.165) is 17.0 Å². The molecule has 1 saturated carbocycles. The van der Waals surface area contributed by atoms with E-state index < -0.39 is 0 Å². The van der Waals surface area contributed by atoms with Gasteiger partial charge in [-0.1, -0.05) is 40.9 Å². The summed E-state index contributed by atoms with van der Waals surface area (Å²) in [5.41, 5.74) is 1.25. The largest absolute Gasteiger partial charge is 0.354 e. The predicted molar refractivity (Wildman–Crippen MR) is 95.1 cm³/mol. The van der Waals surface area contributed by atoms with Crippen LogP contribution in [-0.4, -0.2) is 19.0 Å². The zero-order valence-electron chi connectivity index (χ0n) is 11.2. The standard InChI is InChI=1S/C14H20BrN3.HI/c1-16-14(18-13-7-2-3-8-13)17-10-11-5-4-6-12(15)9-11;/h4-6,9,13H,2-3,7-8,10H2,1H3,(H2,16,17,18);1H. The number of nitrogens with zero attached hydrogens (tertiary/aromatic N) is 1. The Bertz CT molecular complexity index is 417. The van der Waals surface area contributed by atoms with Gasteiger partial charge in [0, 0.05) is 24.1 Å². The molecule has 0 aliphatic heterocycles. The Morgan fingerprint density at radius 1 is 1.37 bits per heavy atom. The minimum Gasteiger partial charge on any atom is -0.354 e. The Morgan fingerprint density at radius 3 is 2.74 bits per heavy atom. The van der Waals surface area contributed by atoms with E-state index >= 15 is 0 Å². The predicted octanol–water partition coefficient (Wildman–Crippen LogP) is 3.67. The first-order valence-electron chi connectivity index (χ1n) is 6.49. The first kappa shape index (κ1) is 16.8. The molecule has 0 radical (unpaired) electrons. The van der Waals surface area contributed by atoms with E-state index in [1.54, 1.807) is 0 Å². The molecule has 3 nitrogen and oxygen atoms in total. The van der Waals surface area contributed by atoms with Crippen molar-refractivity contribution in [1.82, 2.24) is 10.6 Å². The molecule has 0 aromatic heterocycles. The van der Waals surface area contributed by atoms with Gasteiger partial charge in [-0.15, -0.1) is 24.0 Å². The number of benzene rings is 1. The van der Waals surface area contributed by atoms with Crippen LogP contribution in [0.2, 0.25) is 0 Å². The van der Waals surface area contributed by atoms with Crippen LogP contribution in [-0.2, 0) is 6.54 Å². The molecule has 1 aromatic carbocycles. The summed E-state index contributed by atoms with van der Waals surface area (Å²) >= 11 is 3.48. The van der Waals surface area contributed by atoms with Gasteiger partial charge in [0.05, 0.1) is 0 Å². The number of hydrogen-bond acceptors (Lipinski definition) is 1. The molecule has 1 fully saturated rings. The molecule has 5 heteroatoms. The van der Waals surface area contributed by atoms with Crippen molar-refractivity contribution in [1.29, 1.82) is 0 Å². The Labute approximate surface area is 140 Å². The summed E-state index contributed by atoms with van der Waals surface area (Å²) in [5, 5.41) is 6.84. The highest BCUT2D eigenvalue weighted by atomic mass is 127. The van der Waals surface area contributed by atoms with Crippen molar-refractivity contribution >= 4 is 45.9 Å². The Morgan fingerprint density at radius 2 is 2.11 bits per heavy atom. The van der Waals surface area contributed by atoms with Crippen LogP contribution in [0.4, 0.5) is 0 Å². The summed E-state index contributed by atoms with van der Waals surface area (Å²) in [6, 6.07) is 8.92. The van der Waals surface area contributed by atoms with E-state index in [4.69, 9.17) is 0 Å². The molecule has 0 bridgehead atoms. The summed E-state index contributed by atoms with van der Waals surface area (Å²) in [4.78, 5) is 4.27. The van der Waals surface area contributed by atoms with Crippen molar-refractivity contribution in [3.8, 4) is 0 Å². The van der Waals surface area contributed by atoms with Crippen molar-refractivity contribution in [2.45, 2.75) is 38.3 Å². The van der Waals surface area contributed by atoms with Gasteiger partial charge in [-0.3, -0.25) is 4.99 Å². The lowest BCUT2D eigenvalue weighted by Crippen LogP contribution is -2.41. The monoisotopic (exact) mass is 437 g/mol. The number of nitrogens with one attached hydrogen (secondary N) is 2. The smallest absolute Gasteiger partial charge is 0.191 e. The van der Waals surface area contributed by atoms with Gasteiger partial charge in [0.25, 0.3) is 0 Å². The summed E-state index contributed by atoms with van der Waals surface area (Å²) in [6.07, 6.45) is 5.19. The van der Waals surface area contributed by atoms with Crippen LogP contribution in [0, 0.1) is 0 Å². The number of aliphatic imine (C=N–C) groups is 1. The molecule has 0 amide bonds. The Kier molecular flexibility index (Phi) is 7.75. The van der Waals surface area contributed by atoms with Gasteiger partial charge >= 0.3 is 0 Å². The van der Waals surface area contributed by atoms with Gasteiger partial charge in [0.2, 0.25) is 0 Å². The van der Waals surface area contributed by atoms with E-state index in [2.05, 4.69) is 43.7 Å². The van der Waals surface area contributed by atoms with E-state index in [1.807, 2.05) is 19.2 Å². The van der Waals surface area contributed by atoms with Gasteiger partial charge in [-0.2, -0.15) is 0 Å². The minimum absolute atomic E-state index is 0. The minimum atomic E-state index is 0. The molecular formula is C14H21BrIN3. The average Bonchev–Trinajstić information content (AvgIpc) is 2.87. The van der Waals surface area contributed by atoms with Crippen LogP contribution in [0.1, 0.15) is 31.2 Å². The molecule has 2 rings (SSSR count). The molecular weight excluding hydrogens is 417 g/mol. The first-order valence-corrected chi connectivity index (χ1v) is 7.29. The average molecular weight is 438 g/mol. The third-order valence-electron chi connectivity index (χ3n) is 3.27. The van der Waals surface area contributed by atoms with Gasteiger partial charge in [-0.05, 0) is 30.5 Å². The summed E-state index contributed by atoms with van der Waals surface area (Å²) in [5.74, 6) is 0.905. The first-order chi connectivity index (χ1) is 8.78. The normalized spacial score (nSPS) is 16.0. The third kappa shape index (κ3) is 5.69. The molecule has 2 N–H and O–H groups in total. The highest BCUT2D eigenvalue weighted by Gasteiger charge is 2.15. The molecule has 0 atom stereocenters. The van der Waals surface area contributed by atoms with Crippen molar-refractivity contribution in [2.24, 2.45) is 4.99 Å². The zero-order chi connectivity index (χ0) is 12.8. The molecule has 1 aliphatic rings. The van der Waals surface area contributed by atoms with Gasteiger partial charge in [-0.25, -0.2) is 0 Å². The second-order valence-electron chi connectivity index (χ2n) is 4.68. The quantitative estimate of drug-likeness (QED) is 0.430. The lowest BCUT2D eigenvalue weighted by atomic mass is 10.2. The maximum Gasteiger partial charge on any atom is 0.191 e. The number of rotatable bonds is 3. The zero-order valence-corrected chi connectivity index (χ0v) is 15.1. The fraction of sp³-hybridized carbons (Fsp3) is 0.500. The topological polar surface area (TPSA) is 36.4 Å². The van der Waals surface area contributed by atoms with Crippen LogP contribution < -0.4 is 10.6 Å². The lowest BCUT2D eigenvalue weighted by Gasteiger charge is -2.16. The van der Waals surface area contributed by atoms with Crippen LogP contribution in [0.15, 0.2) is 33.7 Å². The third-order valence-corrected chi connectivity index (χ3v) is 3.76. The van der Waals surface area contributed by atoms with E-state index in [1.165, 1.54) is 31.2 Å². The van der Waals surface area contributed by atoms with Crippen molar-refractivity contribution in [3.63, 3.8) is 0 Å². The van der Waals surface area contributed by atoms with Crippen LogP contribution in [0.5, 0.6) is 0 Å². The lowest BCUT2D eigenvalue weighted by molar-refractivity contribution is 0.613. The highest BCUT2D eigenvalue weighted by molar-refractivity contribution is 14.0. The fourth-order valence-corrected chi connectivity index (χ4v) is 2.74. The van der Waals surface area contributed by atoms with Gasteiger partial charge in [0.15, 0.2) is 5.96 Å². The summed E-state index contributed by atoms with van der Waals surface area (Å²) in [6.45, 7) is 0.797.